The molecule has 0 saturated carbocycles. The molecule has 0 aromatic heterocycles. The smallest absolute Gasteiger partial charge is 0.253 e. The van der Waals surface area contributed by atoms with Gasteiger partial charge in [-0.05, 0) is 26.9 Å². The van der Waals surface area contributed by atoms with Crippen LogP contribution in [-0.4, -0.2) is 44.0 Å². The zero-order valence-corrected chi connectivity index (χ0v) is 9.72. The third-order valence-corrected chi connectivity index (χ3v) is 2.22. The number of rotatable bonds is 6. The summed E-state index contributed by atoms with van der Waals surface area (Å²) < 4.78 is 24.6. The van der Waals surface area contributed by atoms with Crippen molar-refractivity contribution in [2.24, 2.45) is 5.92 Å². The van der Waals surface area contributed by atoms with Crippen LogP contribution in [0.4, 0.5) is 8.78 Å². The number of nitrogens with one attached hydrogen (secondary N) is 1. The summed E-state index contributed by atoms with van der Waals surface area (Å²) in [6.45, 7) is 6.39. The zero-order valence-electron chi connectivity index (χ0n) is 9.72. The Hall–Kier alpha value is -0.220. The predicted molar refractivity (Wildman–Crippen MR) is 55.8 cm³/mol. The highest BCUT2D eigenvalue weighted by atomic mass is 19.3. The number of alkyl halides is 2. The van der Waals surface area contributed by atoms with E-state index >= 15 is 0 Å². The maximum Gasteiger partial charge on any atom is 0.253 e. The molecular weight excluding hydrogens is 186 g/mol. The average Bonchev–Trinajstić information content (AvgIpc) is 2.01. The molecule has 2 atom stereocenters. The van der Waals surface area contributed by atoms with E-state index in [1.165, 1.54) is 6.92 Å². The molecule has 2 nitrogen and oxygen atoms in total. The van der Waals surface area contributed by atoms with E-state index in [-0.39, 0.29) is 6.04 Å². The highest BCUT2D eigenvalue weighted by molar-refractivity contribution is 4.77. The van der Waals surface area contributed by atoms with Gasteiger partial charge in [0.25, 0.3) is 6.43 Å². The molecule has 0 amide bonds. The van der Waals surface area contributed by atoms with E-state index in [2.05, 4.69) is 5.32 Å². The molecule has 0 saturated heterocycles. The van der Waals surface area contributed by atoms with Gasteiger partial charge in [0.2, 0.25) is 0 Å². The first kappa shape index (κ1) is 13.8. The summed E-state index contributed by atoms with van der Waals surface area (Å²) in [7, 11) is 3.90. The van der Waals surface area contributed by atoms with Crippen molar-refractivity contribution in [2.75, 3.05) is 20.6 Å². The lowest BCUT2D eigenvalue weighted by molar-refractivity contribution is 0.0924. The molecule has 0 aliphatic rings. The van der Waals surface area contributed by atoms with Crippen LogP contribution >= 0.6 is 0 Å². The lowest BCUT2D eigenvalue weighted by atomic mass is 10.0. The molecule has 0 aromatic carbocycles. The van der Waals surface area contributed by atoms with Crippen molar-refractivity contribution in [3.63, 3.8) is 0 Å². The highest BCUT2D eigenvalue weighted by Crippen LogP contribution is 2.07. The molecule has 0 aliphatic carbocycles. The summed E-state index contributed by atoms with van der Waals surface area (Å²) in [6.07, 6.45) is -2.29. The fourth-order valence-electron chi connectivity index (χ4n) is 1.26. The van der Waals surface area contributed by atoms with Gasteiger partial charge in [-0.25, -0.2) is 8.78 Å². The summed E-state index contributed by atoms with van der Waals surface area (Å²) in [6, 6.07) is -0.614. The SMILES string of the molecule is CC(C)C(CN(C)C)NC(C)C(F)F. The van der Waals surface area contributed by atoms with Gasteiger partial charge in [0, 0.05) is 12.6 Å². The van der Waals surface area contributed by atoms with Crippen LogP contribution in [0.15, 0.2) is 0 Å². The van der Waals surface area contributed by atoms with E-state index in [1.54, 1.807) is 0 Å². The van der Waals surface area contributed by atoms with E-state index in [1.807, 2.05) is 32.8 Å². The number of halogens is 2. The Labute approximate surface area is 85.7 Å². The molecule has 2 unspecified atom stereocenters. The third kappa shape index (κ3) is 5.50. The van der Waals surface area contributed by atoms with E-state index in [0.29, 0.717) is 5.92 Å². The molecule has 0 rings (SSSR count). The van der Waals surface area contributed by atoms with Gasteiger partial charge in [0.05, 0.1) is 6.04 Å². The van der Waals surface area contributed by atoms with E-state index in [9.17, 15) is 8.78 Å². The van der Waals surface area contributed by atoms with Crippen LogP contribution < -0.4 is 5.32 Å². The molecule has 4 heteroatoms. The van der Waals surface area contributed by atoms with E-state index in [4.69, 9.17) is 0 Å². The van der Waals surface area contributed by atoms with Crippen LogP contribution in [0, 0.1) is 5.92 Å². The summed E-state index contributed by atoms with van der Waals surface area (Å²) in [5.41, 5.74) is 0. The number of nitrogens with zero attached hydrogens (tertiary/aromatic N) is 1. The molecule has 0 aliphatic heterocycles. The number of hydrogen-bond donors (Lipinski definition) is 1. The van der Waals surface area contributed by atoms with Crippen molar-refractivity contribution in [1.29, 1.82) is 0 Å². The van der Waals surface area contributed by atoms with Gasteiger partial charge < -0.3 is 10.2 Å². The van der Waals surface area contributed by atoms with Crippen LogP contribution in [0.1, 0.15) is 20.8 Å². The fourth-order valence-corrected chi connectivity index (χ4v) is 1.26. The lowest BCUT2D eigenvalue weighted by Gasteiger charge is -2.28. The van der Waals surface area contributed by atoms with Crippen molar-refractivity contribution in [1.82, 2.24) is 10.2 Å². The Bertz CT molecular complexity index is 149. The molecule has 1 N–H and O–H groups in total. The molecule has 86 valence electrons. The highest BCUT2D eigenvalue weighted by Gasteiger charge is 2.21. The second-order valence-electron chi connectivity index (χ2n) is 4.40. The number of hydrogen-bond acceptors (Lipinski definition) is 2. The molecule has 0 heterocycles. The third-order valence-electron chi connectivity index (χ3n) is 2.22. The second kappa shape index (κ2) is 6.30. The van der Waals surface area contributed by atoms with Gasteiger partial charge in [-0.1, -0.05) is 13.8 Å². The first-order valence-electron chi connectivity index (χ1n) is 5.03. The minimum Gasteiger partial charge on any atom is -0.308 e. The van der Waals surface area contributed by atoms with Gasteiger partial charge >= 0.3 is 0 Å². The first-order valence-corrected chi connectivity index (χ1v) is 5.03. The monoisotopic (exact) mass is 208 g/mol. The Kier molecular flexibility index (Phi) is 6.20. The maximum absolute atomic E-state index is 12.3. The summed E-state index contributed by atoms with van der Waals surface area (Å²) in [5, 5.41) is 2.96. The Balaban J connectivity index is 4.09. The van der Waals surface area contributed by atoms with Gasteiger partial charge in [-0.3, -0.25) is 0 Å². The largest absolute Gasteiger partial charge is 0.308 e. The van der Waals surface area contributed by atoms with Gasteiger partial charge in [-0.15, -0.1) is 0 Å². The normalized spacial score (nSPS) is 16.7. The molecule has 0 radical (unpaired) electrons. The van der Waals surface area contributed by atoms with Crippen LogP contribution in [0.25, 0.3) is 0 Å². The van der Waals surface area contributed by atoms with Crippen molar-refractivity contribution in [2.45, 2.75) is 39.3 Å². The molecular formula is C10H22F2N2. The molecule has 0 bridgehead atoms. The van der Waals surface area contributed by atoms with Gasteiger partial charge in [0.1, 0.15) is 0 Å². The van der Waals surface area contributed by atoms with Gasteiger partial charge in [0.15, 0.2) is 0 Å². The topological polar surface area (TPSA) is 15.3 Å². The van der Waals surface area contributed by atoms with Crippen molar-refractivity contribution in [3.8, 4) is 0 Å². The fraction of sp³-hybridized carbons (Fsp3) is 1.00. The summed E-state index contributed by atoms with van der Waals surface area (Å²) >= 11 is 0. The van der Waals surface area contributed by atoms with Crippen molar-refractivity contribution >= 4 is 0 Å². The van der Waals surface area contributed by atoms with Crippen molar-refractivity contribution < 1.29 is 8.78 Å². The maximum atomic E-state index is 12.3. The Morgan fingerprint density at radius 3 is 1.93 bits per heavy atom. The average molecular weight is 208 g/mol. The molecule has 0 spiro atoms. The number of likely N-dealkylation sites (N-methyl/N-ethyl adjacent to an activating group) is 1. The standard InChI is InChI=1S/C10H22F2N2/c1-7(2)9(6-14(4)5)13-8(3)10(11)12/h7-10,13H,6H2,1-5H3. The van der Waals surface area contributed by atoms with E-state index < -0.39 is 12.5 Å². The molecule has 0 fully saturated rings. The molecule has 0 aromatic rings. The van der Waals surface area contributed by atoms with Gasteiger partial charge in [-0.2, -0.15) is 0 Å². The summed E-state index contributed by atoms with van der Waals surface area (Å²) in [4.78, 5) is 2.01. The van der Waals surface area contributed by atoms with Crippen LogP contribution in [0.5, 0.6) is 0 Å². The zero-order chi connectivity index (χ0) is 11.3. The second-order valence-corrected chi connectivity index (χ2v) is 4.40. The van der Waals surface area contributed by atoms with Crippen LogP contribution in [-0.2, 0) is 0 Å². The Morgan fingerprint density at radius 1 is 1.14 bits per heavy atom. The quantitative estimate of drug-likeness (QED) is 0.716. The molecule has 14 heavy (non-hydrogen) atoms. The lowest BCUT2D eigenvalue weighted by Crippen LogP contribution is -2.48. The van der Waals surface area contributed by atoms with E-state index in [0.717, 1.165) is 6.54 Å². The minimum absolute atomic E-state index is 0.119. The van der Waals surface area contributed by atoms with Crippen LogP contribution in [0.3, 0.4) is 0 Å². The Morgan fingerprint density at radius 2 is 1.64 bits per heavy atom. The van der Waals surface area contributed by atoms with Crippen LogP contribution in [0.2, 0.25) is 0 Å². The minimum atomic E-state index is -2.29. The van der Waals surface area contributed by atoms with Crippen molar-refractivity contribution in [3.05, 3.63) is 0 Å². The first-order chi connectivity index (χ1) is 6.34. The summed E-state index contributed by atoms with van der Waals surface area (Å²) in [5.74, 6) is 0.360. The predicted octanol–water partition coefficient (Wildman–Crippen LogP) is 1.82.